The number of nitrogens with zero attached hydrogens (tertiary/aromatic N) is 3. The summed E-state index contributed by atoms with van der Waals surface area (Å²) in [5, 5.41) is 9.09. The number of hydrogen-bond acceptors (Lipinski definition) is 7. The molecule has 3 N–H and O–H groups in total. The normalized spacial score (nSPS) is 18.3. The maximum atomic E-state index is 11.2. The molecular formula is C13H22N6O2. The Balaban J connectivity index is 2.09. The van der Waals surface area contributed by atoms with Crippen LogP contribution in [-0.2, 0) is 4.79 Å². The van der Waals surface area contributed by atoms with Crippen LogP contribution in [0.1, 0.15) is 33.6 Å². The summed E-state index contributed by atoms with van der Waals surface area (Å²) in [6.07, 6.45) is 1.26. The predicted octanol–water partition coefficient (Wildman–Crippen LogP) is 0.781. The number of nitrogens with one attached hydrogen (secondary N) is 3. The zero-order valence-electron chi connectivity index (χ0n) is 12.6. The highest BCUT2D eigenvalue weighted by Crippen LogP contribution is 2.15. The molecule has 1 unspecified atom stereocenters. The summed E-state index contributed by atoms with van der Waals surface area (Å²) in [4.78, 5) is 23.9. The molecule has 8 nitrogen and oxygen atoms in total. The molecule has 1 fully saturated rings. The number of anilines is 2. The molecule has 1 aliphatic heterocycles. The van der Waals surface area contributed by atoms with Gasteiger partial charge in [-0.2, -0.15) is 15.0 Å². The molecule has 1 aromatic heterocycles. The lowest BCUT2D eigenvalue weighted by Crippen LogP contribution is -2.42. The molecule has 0 spiro atoms. The molecule has 8 heteroatoms. The minimum atomic E-state index is -0.0105. The van der Waals surface area contributed by atoms with Gasteiger partial charge in [-0.3, -0.25) is 4.79 Å². The molecule has 1 aliphatic rings. The Morgan fingerprint density at radius 2 is 2.10 bits per heavy atom. The second-order valence-corrected chi connectivity index (χ2v) is 5.15. The van der Waals surface area contributed by atoms with Crippen LogP contribution in [0.3, 0.4) is 0 Å². The average molecular weight is 294 g/mol. The lowest BCUT2D eigenvalue weighted by molar-refractivity contribution is -0.122. The van der Waals surface area contributed by atoms with Crippen molar-refractivity contribution < 1.29 is 9.53 Å². The molecule has 2 heterocycles. The van der Waals surface area contributed by atoms with Gasteiger partial charge < -0.3 is 20.7 Å². The number of aromatic nitrogens is 3. The average Bonchev–Trinajstić information content (AvgIpc) is 2.41. The lowest BCUT2D eigenvalue weighted by atomic mass is 10.1. The first-order valence-corrected chi connectivity index (χ1v) is 7.26. The van der Waals surface area contributed by atoms with Crippen LogP contribution < -0.4 is 20.7 Å². The second-order valence-electron chi connectivity index (χ2n) is 5.15. The van der Waals surface area contributed by atoms with E-state index in [1.54, 1.807) is 0 Å². The molecule has 1 amide bonds. The van der Waals surface area contributed by atoms with Gasteiger partial charge in [-0.25, -0.2) is 0 Å². The number of hydrogen-bond donors (Lipinski definition) is 3. The molecule has 1 aromatic rings. The van der Waals surface area contributed by atoms with Crippen LogP contribution in [-0.4, -0.2) is 46.1 Å². The van der Waals surface area contributed by atoms with Crippen molar-refractivity contribution in [2.75, 3.05) is 23.7 Å². The van der Waals surface area contributed by atoms with Crippen molar-refractivity contribution in [2.24, 2.45) is 0 Å². The molecule has 0 aliphatic carbocycles. The summed E-state index contributed by atoms with van der Waals surface area (Å²) in [6, 6.07) is 0.407. The first-order chi connectivity index (χ1) is 10.1. The van der Waals surface area contributed by atoms with Gasteiger partial charge in [0.1, 0.15) is 0 Å². The van der Waals surface area contributed by atoms with Gasteiger partial charge in [0.2, 0.25) is 17.8 Å². The molecule has 0 aromatic carbocycles. The van der Waals surface area contributed by atoms with Crippen molar-refractivity contribution in [3.05, 3.63) is 0 Å². The third-order valence-electron chi connectivity index (χ3n) is 2.89. The van der Waals surface area contributed by atoms with E-state index in [9.17, 15) is 4.79 Å². The molecule has 2 rings (SSSR count). The monoisotopic (exact) mass is 294 g/mol. The molecular weight excluding hydrogens is 272 g/mol. The fraction of sp³-hybridized carbons (Fsp3) is 0.692. The smallest absolute Gasteiger partial charge is 0.323 e. The standard InChI is InChI=1S/C13H22N6O2/c1-4-14-11-17-12(19-13(18-11)21-8(2)3)16-9-5-6-10(20)15-7-9/h8-9H,4-7H2,1-3H3,(H,15,20)(H2,14,16,17,18,19). The van der Waals surface area contributed by atoms with Crippen LogP contribution in [0.2, 0.25) is 0 Å². The van der Waals surface area contributed by atoms with Gasteiger partial charge in [0.15, 0.2) is 0 Å². The Morgan fingerprint density at radius 1 is 1.33 bits per heavy atom. The third-order valence-corrected chi connectivity index (χ3v) is 2.89. The number of rotatable bonds is 6. The molecule has 0 bridgehead atoms. The molecule has 1 atom stereocenters. The second kappa shape index (κ2) is 7.05. The largest absolute Gasteiger partial charge is 0.461 e. The summed E-state index contributed by atoms with van der Waals surface area (Å²) in [6.45, 7) is 7.09. The van der Waals surface area contributed by atoms with E-state index in [0.29, 0.717) is 37.4 Å². The van der Waals surface area contributed by atoms with Crippen molar-refractivity contribution in [1.29, 1.82) is 0 Å². The van der Waals surface area contributed by atoms with Crippen LogP contribution in [0, 0.1) is 0 Å². The van der Waals surface area contributed by atoms with Gasteiger partial charge in [0.25, 0.3) is 0 Å². The number of piperidine rings is 1. The van der Waals surface area contributed by atoms with Crippen molar-refractivity contribution in [2.45, 2.75) is 45.8 Å². The van der Waals surface area contributed by atoms with Crippen LogP contribution in [0.15, 0.2) is 0 Å². The molecule has 0 saturated carbocycles. The van der Waals surface area contributed by atoms with E-state index < -0.39 is 0 Å². The molecule has 116 valence electrons. The SMILES string of the molecule is CCNc1nc(NC2CCC(=O)NC2)nc(OC(C)C)n1. The van der Waals surface area contributed by atoms with E-state index in [1.165, 1.54) is 0 Å². The minimum absolute atomic E-state index is 0.0105. The highest BCUT2D eigenvalue weighted by molar-refractivity contribution is 5.76. The Labute approximate surface area is 124 Å². The van der Waals surface area contributed by atoms with Gasteiger partial charge in [0, 0.05) is 25.6 Å². The Bertz CT molecular complexity index is 484. The summed E-state index contributed by atoms with van der Waals surface area (Å²) >= 11 is 0. The first-order valence-electron chi connectivity index (χ1n) is 7.26. The quantitative estimate of drug-likeness (QED) is 0.712. The first kappa shape index (κ1) is 15.3. The molecule has 21 heavy (non-hydrogen) atoms. The highest BCUT2D eigenvalue weighted by Gasteiger charge is 2.19. The Morgan fingerprint density at radius 3 is 2.71 bits per heavy atom. The fourth-order valence-corrected chi connectivity index (χ4v) is 1.96. The van der Waals surface area contributed by atoms with Crippen LogP contribution in [0.25, 0.3) is 0 Å². The fourth-order valence-electron chi connectivity index (χ4n) is 1.96. The minimum Gasteiger partial charge on any atom is -0.461 e. The maximum absolute atomic E-state index is 11.2. The van der Waals surface area contributed by atoms with Crippen molar-refractivity contribution in [3.8, 4) is 6.01 Å². The van der Waals surface area contributed by atoms with E-state index >= 15 is 0 Å². The van der Waals surface area contributed by atoms with Crippen LogP contribution in [0.4, 0.5) is 11.9 Å². The van der Waals surface area contributed by atoms with Crippen molar-refractivity contribution >= 4 is 17.8 Å². The zero-order chi connectivity index (χ0) is 15.2. The number of amides is 1. The predicted molar refractivity (Wildman–Crippen MR) is 79.4 cm³/mol. The summed E-state index contributed by atoms with van der Waals surface area (Å²) < 4.78 is 5.54. The topological polar surface area (TPSA) is 101 Å². The number of carbonyl (C=O) groups is 1. The van der Waals surface area contributed by atoms with E-state index in [0.717, 1.165) is 6.42 Å². The van der Waals surface area contributed by atoms with Crippen molar-refractivity contribution in [1.82, 2.24) is 20.3 Å². The van der Waals surface area contributed by atoms with Crippen LogP contribution >= 0.6 is 0 Å². The Hall–Kier alpha value is -2.12. The van der Waals surface area contributed by atoms with E-state index in [-0.39, 0.29) is 18.1 Å². The van der Waals surface area contributed by atoms with E-state index in [4.69, 9.17) is 4.74 Å². The summed E-state index contributed by atoms with van der Waals surface area (Å²) in [7, 11) is 0. The zero-order valence-corrected chi connectivity index (χ0v) is 12.6. The highest BCUT2D eigenvalue weighted by atomic mass is 16.5. The molecule has 1 saturated heterocycles. The van der Waals surface area contributed by atoms with Crippen molar-refractivity contribution in [3.63, 3.8) is 0 Å². The van der Waals surface area contributed by atoms with Gasteiger partial charge in [-0.15, -0.1) is 0 Å². The summed E-state index contributed by atoms with van der Waals surface area (Å²) in [5.41, 5.74) is 0. The summed E-state index contributed by atoms with van der Waals surface area (Å²) in [5.74, 6) is 1.02. The van der Waals surface area contributed by atoms with Crippen LogP contribution in [0.5, 0.6) is 6.01 Å². The van der Waals surface area contributed by atoms with Gasteiger partial charge in [0.05, 0.1) is 6.10 Å². The Kier molecular flexibility index (Phi) is 5.13. The number of carbonyl (C=O) groups excluding carboxylic acids is 1. The lowest BCUT2D eigenvalue weighted by Gasteiger charge is -2.23. The van der Waals surface area contributed by atoms with Gasteiger partial charge >= 0.3 is 6.01 Å². The van der Waals surface area contributed by atoms with Gasteiger partial charge in [-0.05, 0) is 27.2 Å². The number of ether oxygens (including phenoxy) is 1. The maximum Gasteiger partial charge on any atom is 0.323 e. The molecule has 0 radical (unpaired) electrons. The van der Waals surface area contributed by atoms with E-state index in [1.807, 2.05) is 20.8 Å². The van der Waals surface area contributed by atoms with E-state index in [2.05, 4.69) is 30.9 Å². The third kappa shape index (κ3) is 4.73. The van der Waals surface area contributed by atoms with Gasteiger partial charge in [-0.1, -0.05) is 0 Å².